The van der Waals surface area contributed by atoms with Gasteiger partial charge in [0, 0.05) is 48.9 Å². The van der Waals surface area contributed by atoms with Crippen molar-refractivity contribution in [3.63, 3.8) is 0 Å². The summed E-state index contributed by atoms with van der Waals surface area (Å²) >= 11 is 1.84. The van der Waals surface area contributed by atoms with Crippen LogP contribution >= 0.6 is 11.3 Å². The molecule has 9 rings (SSSR count). The van der Waals surface area contributed by atoms with Crippen LogP contribution in [0.1, 0.15) is 0 Å². The van der Waals surface area contributed by atoms with E-state index in [0.29, 0.717) is 0 Å². The van der Waals surface area contributed by atoms with E-state index in [9.17, 15) is 0 Å². The molecule has 7 aromatic rings. The fourth-order valence-corrected chi connectivity index (χ4v) is 7.27. The molecule has 5 aromatic carbocycles. The van der Waals surface area contributed by atoms with Crippen LogP contribution in [0.4, 0.5) is 0 Å². The average Bonchev–Trinajstić information content (AvgIpc) is 3.54. The van der Waals surface area contributed by atoms with Gasteiger partial charge in [-0.2, -0.15) is 0 Å². The summed E-state index contributed by atoms with van der Waals surface area (Å²) in [5, 5.41) is 14.6. The predicted octanol–water partition coefficient (Wildman–Crippen LogP) is 9.51. The normalized spacial score (nSPS) is 12.0. The maximum Gasteiger partial charge on any atom is 0.156 e. The van der Waals surface area contributed by atoms with Crippen molar-refractivity contribution in [2.75, 3.05) is 0 Å². The minimum Gasteiger partial charge on any atom is -0.357 e. The molecule has 0 bridgehead atoms. The molecule has 0 saturated carbocycles. The maximum atomic E-state index is 3.58. The van der Waals surface area contributed by atoms with Crippen LogP contribution in [0.25, 0.3) is 81.2 Å². The van der Waals surface area contributed by atoms with Gasteiger partial charge in [-0.3, -0.25) is 14.8 Å². The number of fused-ring (bicyclic) bond motifs is 8. The van der Waals surface area contributed by atoms with Gasteiger partial charge in [-0.05, 0) is 47.2 Å². The highest BCUT2D eigenvalue weighted by molar-refractivity contribution is 7.25. The zero-order valence-electron chi connectivity index (χ0n) is 21.3. The minimum atomic E-state index is 0.944. The van der Waals surface area contributed by atoms with Crippen molar-refractivity contribution in [3.05, 3.63) is 116 Å². The van der Waals surface area contributed by atoms with Gasteiger partial charge in [0.2, 0.25) is 0 Å². The second kappa shape index (κ2) is 8.15. The summed E-state index contributed by atoms with van der Waals surface area (Å²) in [5.41, 5.74) is 6.41. The number of H-pyrrole nitrogens is 4. The van der Waals surface area contributed by atoms with Crippen LogP contribution in [-0.2, 0) is 0 Å². The Morgan fingerprint density at radius 3 is 2.12 bits per heavy atom. The Bertz CT molecular complexity index is 2400. The number of nitrogens with zero attached hydrogens (tertiary/aromatic N) is 1. The number of aromatic nitrogens is 5. The number of rotatable bonds is 2. The standard InChI is InChI=1S/C34H23N5S/c1-2-8-21-19-28-25(17-20(21)7-1)23-9-3-5-11-27(23)39(28)34-33-32(35-15-16-36-33)31(37-38-34)22-13-14-30-26(18-22)24-10-4-6-12-29(24)40-30/h1-19,35-38H. The molecule has 0 radical (unpaired) electrons. The van der Waals surface area contributed by atoms with Crippen LogP contribution in [0.15, 0.2) is 116 Å². The summed E-state index contributed by atoms with van der Waals surface area (Å²) in [7, 11) is 0. The average molecular weight is 534 g/mol. The molecule has 0 aliphatic carbocycles. The van der Waals surface area contributed by atoms with E-state index >= 15 is 0 Å². The Labute approximate surface area is 232 Å². The molecule has 4 N–H and O–H groups in total. The monoisotopic (exact) mass is 533 g/mol. The molecule has 0 amide bonds. The van der Waals surface area contributed by atoms with Crippen LogP contribution in [0, 0.1) is 0 Å². The lowest BCUT2D eigenvalue weighted by molar-refractivity contribution is 0.936. The summed E-state index contributed by atoms with van der Waals surface area (Å²) in [6.07, 6.45) is 3.89. The van der Waals surface area contributed by atoms with E-state index in [1.54, 1.807) is 0 Å². The van der Waals surface area contributed by atoms with Crippen molar-refractivity contribution < 1.29 is 0 Å². The predicted molar refractivity (Wildman–Crippen MR) is 168 cm³/mol. The van der Waals surface area contributed by atoms with E-state index in [1.807, 2.05) is 23.7 Å². The first kappa shape index (κ1) is 21.7. The van der Waals surface area contributed by atoms with Crippen molar-refractivity contribution in [2.24, 2.45) is 0 Å². The molecule has 0 spiro atoms. The first-order chi connectivity index (χ1) is 19.8. The molecule has 6 heteroatoms. The second-order valence-electron chi connectivity index (χ2n) is 10.2. The molecule has 0 saturated heterocycles. The number of aromatic amines is 4. The number of benzene rings is 5. The third-order valence-corrected chi connectivity index (χ3v) is 9.16. The zero-order chi connectivity index (χ0) is 26.2. The van der Waals surface area contributed by atoms with Gasteiger partial charge in [0.1, 0.15) is 5.69 Å². The van der Waals surface area contributed by atoms with Crippen LogP contribution in [0.3, 0.4) is 0 Å². The van der Waals surface area contributed by atoms with Gasteiger partial charge in [0.15, 0.2) is 5.82 Å². The van der Waals surface area contributed by atoms with Gasteiger partial charge in [0.25, 0.3) is 0 Å². The molecular weight excluding hydrogens is 510 g/mol. The first-order valence-electron chi connectivity index (χ1n) is 13.4. The zero-order valence-corrected chi connectivity index (χ0v) is 22.1. The van der Waals surface area contributed by atoms with Gasteiger partial charge >= 0.3 is 0 Å². The molecule has 0 atom stereocenters. The summed E-state index contributed by atoms with van der Waals surface area (Å²) in [6, 6.07) is 37.1. The van der Waals surface area contributed by atoms with Gasteiger partial charge < -0.3 is 9.97 Å². The molecule has 4 heterocycles. The molecular formula is C34H23N5S. The summed E-state index contributed by atoms with van der Waals surface area (Å²) in [6.45, 7) is 0. The van der Waals surface area contributed by atoms with E-state index in [-0.39, 0.29) is 0 Å². The third kappa shape index (κ3) is 3.02. The molecule has 190 valence electrons. The van der Waals surface area contributed by atoms with E-state index < -0.39 is 0 Å². The fraction of sp³-hybridized carbons (Fsp3) is 0. The fourth-order valence-electron chi connectivity index (χ4n) is 6.19. The van der Waals surface area contributed by atoms with Gasteiger partial charge in [-0.15, -0.1) is 11.3 Å². The molecule has 2 aliphatic heterocycles. The van der Waals surface area contributed by atoms with Gasteiger partial charge in [0.05, 0.1) is 22.4 Å². The highest BCUT2D eigenvalue weighted by Crippen LogP contribution is 2.40. The summed E-state index contributed by atoms with van der Waals surface area (Å²) in [5.74, 6) is 0.944. The van der Waals surface area contributed by atoms with Gasteiger partial charge in [-0.25, -0.2) is 0 Å². The lowest BCUT2D eigenvalue weighted by Crippen LogP contribution is -2.08. The van der Waals surface area contributed by atoms with E-state index in [0.717, 1.165) is 39.5 Å². The van der Waals surface area contributed by atoms with Crippen LogP contribution in [0.5, 0.6) is 0 Å². The van der Waals surface area contributed by atoms with E-state index in [4.69, 9.17) is 0 Å². The molecule has 0 fully saturated rings. The first-order valence-corrected chi connectivity index (χ1v) is 14.2. The van der Waals surface area contributed by atoms with Crippen LogP contribution in [0.2, 0.25) is 0 Å². The number of para-hydroxylation sites is 1. The van der Waals surface area contributed by atoms with Gasteiger partial charge in [-0.1, -0.05) is 66.7 Å². The summed E-state index contributed by atoms with van der Waals surface area (Å²) in [4.78, 5) is 7.08. The Morgan fingerprint density at radius 2 is 1.23 bits per heavy atom. The number of nitrogens with one attached hydrogen (secondary N) is 4. The summed E-state index contributed by atoms with van der Waals surface area (Å²) < 4.78 is 4.92. The smallest absolute Gasteiger partial charge is 0.156 e. The largest absolute Gasteiger partial charge is 0.357 e. The second-order valence-corrected chi connectivity index (χ2v) is 11.3. The van der Waals surface area contributed by atoms with Crippen molar-refractivity contribution in [1.82, 2.24) is 24.7 Å². The Kier molecular flexibility index (Phi) is 4.42. The minimum absolute atomic E-state index is 0.944. The molecule has 2 aliphatic rings. The lowest BCUT2D eigenvalue weighted by atomic mass is 10.0. The molecule has 0 unspecified atom stereocenters. The van der Waals surface area contributed by atoms with Crippen molar-refractivity contribution in [2.45, 2.75) is 0 Å². The van der Waals surface area contributed by atoms with E-state index in [2.05, 4.69) is 128 Å². The quantitative estimate of drug-likeness (QED) is 0.171. The lowest BCUT2D eigenvalue weighted by Gasteiger charge is -2.19. The van der Waals surface area contributed by atoms with Crippen molar-refractivity contribution >= 4 is 64.1 Å². The molecule has 40 heavy (non-hydrogen) atoms. The van der Waals surface area contributed by atoms with Crippen LogP contribution < -0.4 is 0 Å². The van der Waals surface area contributed by atoms with Crippen molar-refractivity contribution in [1.29, 1.82) is 0 Å². The molecule has 5 nitrogen and oxygen atoms in total. The highest BCUT2D eigenvalue weighted by Gasteiger charge is 2.21. The highest BCUT2D eigenvalue weighted by atomic mass is 32.1. The number of hydrogen-bond donors (Lipinski definition) is 4. The Balaban J connectivity index is 1.33. The number of thiophene rings is 1. The van der Waals surface area contributed by atoms with Crippen LogP contribution in [-0.4, -0.2) is 24.7 Å². The van der Waals surface area contributed by atoms with Crippen molar-refractivity contribution in [3.8, 4) is 28.5 Å². The topological polar surface area (TPSA) is 68.1 Å². The Morgan fingerprint density at radius 1 is 0.500 bits per heavy atom. The van der Waals surface area contributed by atoms with E-state index in [1.165, 1.54) is 41.7 Å². The number of hydrogen-bond acceptors (Lipinski definition) is 1. The third-order valence-electron chi connectivity index (χ3n) is 8.01. The Hall–Kier alpha value is -5.20. The SMILES string of the molecule is c1ccc2cc3c(cc2c1)c1ccccc1n3-c1[nH][nH]c(-c2ccc3sc4ccccc4c3c2)c2[nH]cc[nH]c1-2. The maximum absolute atomic E-state index is 3.58. The molecule has 2 aromatic heterocycles.